The monoisotopic (exact) mass is 257 g/mol. The molecule has 0 radical (unpaired) electrons. The molecule has 1 aromatic carbocycles. The standard InChI is InChI=1S/C13H11N3O3/c1-7-10(13(19)16-11(7)17)12(18)15-9-4-2-3-8(5-9)6-14/h2-5,7,10H,1H3,(H,15,18)(H,16,17,19). The summed E-state index contributed by atoms with van der Waals surface area (Å²) in [7, 11) is 0. The summed E-state index contributed by atoms with van der Waals surface area (Å²) >= 11 is 0. The number of rotatable bonds is 2. The van der Waals surface area contributed by atoms with Crippen LogP contribution < -0.4 is 10.6 Å². The summed E-state index contributed by atoms with van der Waals surface area (Å²) < 4.78 is 0. The molecule has 0 aliphatic carbocycles. The van der Waals surface area contributed by atoms with Gasteiger partial charge in [-0.1, -0.05) is 13.0 Å². The fourth-order valence-corrected chi connectivity index (χ4v) is 1.92. The molecule has 6 heteroatoms. The zero-order valence-corrected chi connectivity index (χ0v) is 10.1. The summed E-state index contributed by atoms with van der Waals surface area (Å²) in [6.07, 6.45) is 0. The third-order valence-electron chi connectivity index (χ3n) is 2.98. The van der Waals surface area contributed by atoms with E-state index in [0.717, 1.165) is 0 Å². The van der Waals surface area contributed by atoms with E-state index < -0.39 is 29.6 Å². The van der Waals surface area contributed by atoms with Gasteiger partial charge >= 0.3 is 0 Å². The highest BCUT2D eigenvalue weighted by Gasteiger charge is 2.43. The average Bonchev–Trinajstić information content (AvgIpc) is 2.63. The lowest BCUT2D eigenvalue weighted by atomic mass is 9.96. The van der Waals surface area contributed by atoms with E-state index >= 15 is 0 Å². The van der Waals surface area contributed by atoms with Gasteiger partial charge in [-0.3, -0.25) is 19.7 Å². The number of anilines is 1. The van der Waals surface area contributed by atoms with E-state index in [0.29, 0.717) is 11.3 Å². The SMILES string of the molecule is CC1C(=O)NC(=O)C1C(=O)Nc1cccc(C#N)c1. The zero-order valence-electron chi connectivity index (χ0n) is 10.1. The Kier molecular flexibility index (Phi) is 3.29. The number of carbonyl (C=O) groups excluding carboxylic acids is 3. The molecule has 3 amide bonds. The van der Waals surface area contributed by atoms with Crippen LogP contribution in [0.1, 0.15) is 12.5 Å². The van der Waals surface area contributed by atoms with Crippen LogP contribution in [0.25, 0.3) is 0 Å². The van der Waals surface area contributed by atoms with Crippen molar-refractivity contribution in [2.45, 2.75) is 6.92 Å². The molecule has 1 aliphatic rings. The minimum atomic E-state index is -1.03. The Hall–Kier alpha value is -2.68. The predicted octanol–water partition coefficient (Wildman–Crippen LogP) is 0.405. The number of carbonyl (C=O) groups is 3. The van der Waals surface area contributed by atoms with Crippen LogP contribution in [0.4, 0.5) is 5.69 Å². The van der Waals surface area contributed by atoms with Crippen molar-refractivity contribution in [1.29, 1.82) is 5.26 Å². The van der Waals surface area contributed by atoms with Gasteiger partial charge in [0.2, 0.25) is 17.7 Å². The van der Waals surface area contributed by atoms with Crippen molar-refractivity contribution >= 4 is 23.4 Å². The molecule has 1 heterocycles. The summed E-state index contributed by atoms with van der Waals surface area (Å²) in [5.41, 5.74) is 0.821. The molecule has 0 aromatic heterocycles. The minimum absolute atomic E-state index is 0.401. The number of hydrogen-bond donors (Lipinski definition) is 2. The largest absolute Gasteiger partial charge is 0.325 e. The van der Waals surface area contributed by atoms with Crippen LogP contribution >= 0.6 is 0 Å². The van der Waals surface area contributed by atoms with E-state index in [1.54, 1.807) is 18.2 Å². The van der Waals surface area contributed by atoms with Crippen LogP contribution in [-0.2, 0) is 14.4 Å². The Bertz CT molecular complexity index is 603. The molecule has 19 heavy (non-hydrogen) atoms. The third-order valence-corrected chi connectivity index (χ3v) is 2.98. The van der Waals surface area contributed by atoms with Crippen LogP contribution in [0.5, 0.6) is 0 Å². The normalized spacial score (nSPS) is 21.7. The quantitative estimate of drug-likeness (QED) is 0.592. The lowest BCUT2D eigenvalue weighted by Gasteiger charge is -2.11. The second-order valence-electron chi connectivity index (χ2n) is 4.30. The molecule has 1 aliphatic heterocycles. The van der Waals surface area contributed by atoms with Gasteiger partial charge in [0, 0.05) is 5.69 Å². The van der Waals surface area contributed by atoms with E-state index in [9.17, 15) is 14.4 Å². The van der Waals surface area contributed by atoms with Crippen LogP contribution in [0.15, 0.2) is 24.3 Å². The van der Waals surface area contributed by atoms with Gasteiger partial charge in [0.05, 0.1) is 17.6 Å². The predicted molar refractivity (Wildman–Crippen MR) is 65.6 cm³/mol. The number of hydrogen-bond acceptors (Lipinski definition) is 4. The fourth-order valence-electron chi connectivity index (χ4n) is 1.92. The first-order valence-electron chi connectivity index (χ1n) is 5.68. The molecule has 0 bridgehead atoms. The van der Waals surface area contributed by atoms with Crippen molar-refractivity contribution in [2.24, 2.45) is 11.8 Å². The van der Waals surface area contributed by atoms with Crippen LogP contribution in [0.3, 0.4) is 0 Å². The topological polar surface area (TPSA) is 99.1 Å². The van der Waals surface area contributed by atoms with E-state index in [4.69, 9.17) is 5.26 Å². The summed E-state index contributed by atoms with van der Waals surface area (Å²) in [4.78, 5) is 34.8. The van der Waals surface area contributed by atoms with Crippen molar-refractivity contribution in [3.63, 3.8) is 0 Å². The molecule has 0 saturated carbocycles. The number of amides is 3. The second kappa shape index (κ2) is 4.90. The van der Waals surface area contributed by atoms with Crippen LogP contribution in [-0.4, -0.2) is 17.7 Å². The summed E-state index contributed by atoms with van der Waals surface area (Å²) in [6, 6.07) is 8.28. The van der Waals surface area contributed by atoms with E-state index in [2.05, 4.69) is 10.6 Å². The smallest absolute Gasteiger partial charge is 0.239 e. The average molecular weight is 257 g/mol. The molecule has 2 rings (SSSR count). The van der Waals surface area contributed by atoms with E-state index in [1.807, 2.05) is 6.07 Å². The summed E-state index contributed by atoms with van der Waals surface area (Å²) in [6.45, 7) is 1.52. The molecule has 1 saturated heterocycles. The summed E-state index contributed by atoms with van der Waals surface area (Å²) in [5.74, 6) is -3.31. The first-order chi connectivity index (χ1) is 9.02. The highest BCUT2D eigenvalue weighted by molar-refractivity contribution is 6.17. The van der Waals surface area contributed by atoms with Crippen molar-refractivity contribution in [3.05, 3.63) is 29.8 Å². The Morgan fingerprint density at radius 3 is 2.68 bits per heavy atom. The molecular formula is C13H11N3O3. The van der Waals surface area contributed by atoms with Gasteiger partial charge in [-0.15, -0.1) is 0 Å². The van der Waals surface area contributed by atoms with E-state index in [-0.39, 0.29) is 0 Å². The Morgan fingerprint density at radius 2 is 2.11 bits per heavy atom. The number of imide groups is 1. The third kappa shape index (κ3) is 2.45. The molecule has 1 fully saturated rings. The number of benzene rings is 1. The Morgan fingerprint density at radius 1 is 1.37 bits per heavy atom. The Labute approximate surface area is 109 Å². The molecule has 2 atom stereocenters. The van der Waals surface area contributed by atoms with Gasteiger partial charge in [0.25, 0.3) is 0 Å². The minimum Gasteiger partial charge on any atom is -0.325 e. The maximum absolute atomic E-state index is 12.0. The molecule has 6 nitrogen and oxygen atoms in total. The van der Waals surface area contributed by atoms with Crippen molar-refractivity contribution in [1.82, 2.24) is 5.32 Å². The van der Waals surface area contributed by atoms with Crippen LogP contribution in [0.2, 0.25) is 0 Å². The maximum Gasteiger partial charge on any atom is 0.239 e. The lowest BCUT2D eigenvalue weighted by Crippen LogP contribution is -2.31. The molecule has 0 spiro atoms. The van der Waals surface area contributed by atoms with Gasteiger partial charge in [-0.2, -0.15) is 5.26 Å². The van der Waals surface area contributed by atoms with Crippen molar-refractivity contribution < 1.29 is 14.4 Å². The van der Waals surface area contributed by atoms with Crippen LogP contribution in [0, 0.1) is 23.2 Å². The molecule has 2 N–H and O–H groups in total. The van der Waals surface area contributed by atoms with E-state index in [1.165, 1.54) is 13.0 Å². The zero-order chi connectivity index (χ0) is 14.0. The fraction of sp³-hybridized carbons (Fsp3) is 0.231. The maximum atomic E-state index is 12.0. The van der Waals surface area contributed by atoms with Crippen molar-refractivity contribution in [2.75, 3.05) is 5.32 Å². The van der Waals surface area contributed by atoms with Crippen molar-refractivity contribution in [3.8, 4) is 6.07 Å². The van der Waals surface area contributed by atoms with Gasteiger partial charge in [-0.05, 0) is 18.2 Å². The molecular weight excluding hydrogens is 246 g/mol. The lowest BCUT2D eigenvalue weighted by molar-refractivity contribution is -0.131. The first-order valence-corrected chi connectivity index (χ1v) is 5.68. The first kappa shape index (κ1) is 12.8. The van der Waals surface area contributed by atoms with Gasteiger partial charge in [-0.25, -0.2) is 0 Å². The van der Waals surface area contributed by atoms with Gasteiger partial charge in [0.1, 0.15) is 5.92 Å². The number of nitriles is 1. The molecule has 1 aromatic rings. The van der Waals surface area contributed by atoms with Gasteiger partial charge < -0.3 is 5.32 Å². The highest BCUT2D eigenvalue weighted by Crippen LogP contribution is 2.21. The number of nitrogens with zero attached hydrogens (tertiary/aromatic N) is 1. The van der Waals surface area contributed by atoms with Gasteiger partial charge in [0.15, 0.2) is 0 Å². The summed E-state index contributed by atoms with van der Waals surface area (Å²) in [5, 5.41) is 13.4. The Balaban J connectivity index is 2.15. The molecule has 96 valence electrons. The second-order valence-corrected chi connectivity index (χ2v) is 4.30. The molecule has 2 unspecified atom stereocenters. The number of nitrogens with one attached hydrogen (secondary N) is 2. The highest BCUT2D eigenvalue weighted by atomic mass is 16.2.